The summed E-state index contributed by atoms with van der Waals surface area (Å²) in [5, 5.41) is 1.62. The third kappa shape index (κ3) is 2.58. The van der Waals surface area contributed by atoms with Gasteiger partial charge < -0.3 is 14.7 Å². The molecule has 4 rings (SSSR count). The Morgan fingerprint density at radius 2 is 1.62 bits per heavy atom. The van der Waals surface area contributed by atoms with Gasteiger partial charge in [0, 0.05) is 39.3 Å². The van der Waals surface area contributed by atoms with Crippen LogP contribution in [0, 0.1) is 6.92 Å². The number of aromatic nitrogens is 2. The Labute approximate surface area is 150 Å². The van der Waals surface area contributed by atoms with Crippen molar-refractivity contribution in [3.05, 3.63) is 71.5 Å². The minimum Gasteiger partial charge on any atom is -0.451 e. The molecule has 0 aliphatic heterocycles. The van der Waals surface area contributed by atoms with Crippen molar-refractivity contribution < 1.29 is 14.3 Å². The molecule has 26 heavy (non-hydrogen) atoms. The fraction of sp³-hybridized carbons (Fsp3) is 0.143. The first-order chi connectivity index (χ1) is 12.6. The summed E-state index contributed by atoms with van der Waals surface area (Å²) in [7, 11) is 0. The number of benzene rings is 2. The molecule has 130 valence electrons. The van der Waals surface area contributed by atoms with Gasteiger partial charge in [0.2, 0.25) is 5.78 Å². The highest BCUT2D eigenvalue weighted by molar-refractivity contribution is 6.12. The molecule has 0 aliphatic carbocycles. The number of hydrogen-bond acceptors (Lipinski definition) is 3. The Balaban J connectivity index is 1.61. The Morgan fingerprint density at radius 1 is 0.962 bits per heavy atom. The van der Waals surface area contributed by atoms with Gasteiger partial charge in [0.1, 0.15) is 0 Å². The van der Waals surface area contributed by atoms with Gasteiger partial charge in [0.05, 0.1) is 5.56 Å². The highest BCUT2D eigenvalue weighted by Gasteiger charge is 2.25. The minimum absolute atomic E-state index is 0.215. The van der Waals surface area contributed by atoms with Gasteiger partial charge in [-0.25, -0.2) is 4.79 Å². The molecule has 0 unspecified atom stereocenters. The normalized spacial score (nSPS) is 12.4. The second kappa shape index (κ2) is 6.19. The Morgan fingerprint density at radius 3 is 2.38 bits per heavy atom. The van der Waals surface area contributed by atoms with Gasteiger partial charge in [-0.05, 0) is 26.0 Å². The molecule has 2 aromatic carbocycles. The number of ketones is 1. The Hall–Kier alpha value is -3.34. The lowest BCUT2D eigenvalue weighted by Crippen LogP contribution is -2.24. The number of para-hydroxylation sites is 2. The zero-order valence-corrected chi connectivity index (χ0v) is 14.5. The lowest BCUT2D eigenvalue weighted by atomic mass is 10.0. The van der Waals surface area contributed by atoms with Crippen molar-refractivity contribution in [2.75, 3.05) is 0 Å². The first-order valence-electron chi connectivity index (χ1n) is 8.45. The van der Waals surface area contributed by atoms with Crippen LogP contribution in [0.1, 0.15) is 33.3 Å². The molecule has 0 amide bonds. The van der Waals surface area contributed by atoms with E-state index in [0.29, 0.717) is 11.1 Å². The molecule has 2 heterocycles. The summed E-state index contributed by atoms with van der Waals surface area (Å²) in [5.41, 5.74) is 3.51. The number of carbonyl (C=O) groups excluding carboxylic acids is 2. The van der Waals surface area contributed by atoms with Crippen molar-refractivity contribution in [1.29, 1.82) is 0 Å². The van der Waals surface area contributed by atoms with Gasteiger partial charge in [-0.3, -0.25) is 4.79 Å². The molecule has 5 heteroatoms. The van der Waals surface area contributed by atoms with Gasteiger partial charge in [-0.15, -0.1) is 0 Å². The number of aromatic amines is 2. The summed E-state index contributed by atoms with van der Waals surface area (Å²) in [4.78, 5) is 31.7. The van der Waals surface area contributed by atoms with E-state index in [4.69, 9.17) is 4.74 Å². The van der Waals surface area contributed by atoms with Crippen molar-refractivity contribution in [3.63, 3.8) is 0 Å². The van der Waals surface area contributed by atoms with E-state index in [-0.39, 0.29) is 5.78 Å². The number of rotatable bonds is 4. The van der Waals surface area contributed by atoms with Crippen LogP contribution in [0.5, 0.6) is 0 Å². The average molecular weight is 346 g/mol. The molecular formula is C21H18N2O3. The smallest absolute Gasteiger partial charge is 0.341 e. The number of ether oxygens (including phenoxy) is 1. The molecular weight excluding hydrogens is 328 g/mol. The van der Waals surface area contributed by atoms with Crippen molar-refractivity contribution in [2.24, 2.45) is 0 Å². The maximum Gasteiger partial charge on any atom is 0.341 e. The quantitative estimate of drug-likeness (QED) is 0.425. The molecule has 5 nitrogen and oxygen atoms in total. The van der Waals surface area contributed by atoms with Gasteiger partial charge in [-0.1, -0.05) is 36.4 Å². The number of Topliss-reactive ketones (excluding diaryl/α,β-unsaturated/α-hetero) is 1. The Kier molecular flexibility index (Phi) is 3.84. The fourth-order valence-corrected chi connectivity index (χ4v) is 3.32. The largest absolute Gasteiger partial charge is 0.451 e. The molecule has 2 aromatic heterocycles. The predicted molar refractivity (Wildman–Crippen MR) is 101 cm³/mol. The van der Waals surface area contributed by atoms with Crippen molar-refractivity contribution in [3.8, 4) is 0 Å². The fourth-order valence-electron chi connectivity index (χ4n) is 3.32. The first-order valence-corrected chi connectivity index (χ1v) is 8.45. The van der Waals surface area contributed by atoms with Crippen LogP contribution in [0.15, 0.2) is 54.7 Å². The second-order valence-corrected chi connectivity index (χ2v) is 6.33. The van der Waals surface area contributed by atoms with E-state index in [2.05, 4.69) is 9.97 Å². The molecule has 0 bridgehead atoms. The minimum atomic E-state index is -0.880. The van der Waals surface area contributed by atoms with E-state index in [9.17, 15) is 9.59 Å². The van der Waals surface area contributed by atoms with Crippen LogP contribution in [0.4, 0.5) is 0 Å². The molecule has 0 saturated heterocycles. The van der Waals surface area contributed by atoms with Gasteiger partial charge in [-0.2, -0.15) is 0 Å². The standard InChI is InChI=1S/C21H18N2O3/c1-12-19(15-8-4-6-10-18(15)23-12)20(24)13(2)26-21(25)16-11-22-17-9-5-3-7-14(16)17/h3-11,13,22-23H,1-2H3/t13-/m0/s1. The molecule has 2 N–H and O–H groups in total. The Bertz CT molecular complexity index is 1140. The van der Waals surface area contributed by atoms with E-state index in [1.807, 2.05) is 55.5 Å². The van der Waals surface area contributed by atoms with Crippen molar-refractivity contribution in [1.82, 2.24) is 9.97 Å². The van der Waals surface area contributed by atoms with E-state index >= 15 is 0 Å². The molecule has 0 radical (unpaired) electrons. The molecule has 0 aliphatic rings. The van der Waals surface area contributed by atoms with E-state index in [1.165, 1.54) is 0 Å². The van der Waals surface area contributed by atoms with Crippen LogP contribution >= 0.6 is 0 Å². The lowest BCUT2D eigenvalue weighted by molar-refractivity contribution is 0.0321. The molecule has 4 aromatic rings. The van der Waals surface area contributed by atoms with Crippen LogP contribution in [-0.4, -0.2) is 27.8 Å². The van der Waals surface area contributed by atoms with Crippen LogP contribution in [0.3, 0.4) is 0 Å². The number of H-pyrrole nitrogens is 2. The first kappa shape index (κ1) is 16.1. The van der Waals surface area contributed by atoms with Crippen molar-refractivity contribution in [2.45, 2.75) is 20.0 Å². The molecule has 0 saturated carbocycles. The van der Waals surface area contributed by atoms with Crippen LogP contribution < -0.4 is 0 Å². The number of aryl methyl sites for hydroxylation is 1. The number of fused-ring (bicyclic) bond motifs is 2. The lowest BCUT2D eigenvalue weighted by Gasteiger charge is -2.12. The van der Waals surface area contributed by atoms with E-state index in [1.54, 1.807) is 13.1 Å². The number of carbonyl (C=O) groups is 2. The maximum absolute atomic E-state index is 12.9. The van der Waals surface area contributed by atoms with E-state index < -0.39 is 12.1 Å². The topological polar surface area (TPSA) is 75.0 Å². The van der Waals surface area contributed by atoms with Gasteiger partial charge in [0.25, 0.3) is 0 Å². The monoisotopic (exact) mass is 346 g/mol. The van der Waals surface area contributed by atoms with Crippen molar-refractivity contribution >= 4 is 33.6 Å². The van der Waals surface area contributed by atoms with Crippen LogP contribution in [-0.2, 0) is 4.74 Å². The van der Waals surface area contributed by atoms with E-state index in [0.717, 1.165) is 27.5 Å². The third-order valence-corrected chi connectivity index (χ3v) is 4.60. The zero-order chi connectivity index (χ0) is 18.3. The summed E-state index contributed by atoms with van der Waals surface area (Å²) in [6, 6.07) is 15.1. The highest BCUT2D eigenvalue weighted by Crippen LogP contribution is 2.25. The van der Waals surface area contributed by atoms with Crippen LogP contribution in [0.2, 0.25) is 0 Å². The summed E-state index contributed by atoms with van der Waals surface area (Å²) in [5.74, 6) is -0.728. The highest BCUT2D eigenvalue weighted by atomic mass is 16.5. The molecule has 1 atom stereocenters. The predicted octanol–water partition coefficient (Wildman–Crippen LogP) is 4.39. The summed E-state index contributed by atoms with van der Waals surface area (Å²) in [6.45, 7) is 3.46. The maximum atomic E-state index is 12.9. The van der Waals surface area contributed by atoms with Gasteiger partial charge in [0.15, 0.2) is 6.10 Å². The van der Waals surface area contributed by atoms with Crippen LogP contribution in [0.25, 0.3) is 21.8 Å². The summed E-state index contributed by atoms with van der Waals surface area (Å²) < 4.78 is 5.47. The SMILES string of the molecule is Cc1[nH]c2ccccc2c1C(=O)[C@H](C)OC(=O)c1c[nH]c2ccccc12. The zero-order valence-electron chi connectivity index (χ0n) is 14.5. The summed E-state index contributed by atoms with van der Waals surface area (Å²) >= 11 is 0. The molecule has 0 spiro atoms. The number of esters is 1. The number of nitrogens with one attached hydrogen (secondary N) is 2. The molecule has 0 fully saturated rings. The average Bonchev–Trinajstić information content (AvgIpc) is 3.21. The number of hydrogen-bond donors (Lipinski definition) is 2. The van der Waals surface area contributed by atoms with Gasteiger partial charge >= 0.3 is 5.97 Å². The third-order valence-electron chi connectivity index (χ3n) is 4.60. The second-order valence-electron chi connectivity index (χ2n) is 6.33. The summed E-state index contributed by atoms with van der Waals surface area (Å²) in [6.07, 6.45) is 0.732.